The number of nitrogens with zero attached hydrogens (tertiary/aromatic N) is 1. The van der Waals surface area contributed by atoms with Crippen molar-refractivity contribution in [2.75, 3.05) is 18.5 Å². The minimum atomic E-state index is 0.246. The van der Waals surface area contributed by atoms with E-state index in [1.807, 2.05) is 30.3 Å². The third-order valence-corrected chi connectivity index (χ3v) is 2.54. The van der Waals surface area contributed by atoms with Crippen molar-refractivity contribution >= 4 is 11.6 Å². The predicted octanol–water partition coefficient (Wildman–Crippen LogP) is 1.59. The van der Waals surface area contributed by atoms with Gasteiger partial charge in [-0.05, 0) is 25.0 Å². The lowest BCUT2D eigenvalue weighted by Crippen LogP contribution is -2.24. The van der Waals surface area contributed by atoms with Crippen LogP contribution >= 0.6 is 0 Å². The zero-order valence-corrected chi connectivity index (χ0v) is 9.23. The molecule has 0 radical (unpaired) electrons. The van der Waals surface area contributed by atoms with Gasteiger partial charge >= 0.3 is 0 Å². The first-order valence-electron chi connectivity index (χ1n) is 5.58. The fourth-order valence-electron chi connectivity index (χ4n) is 1.70. The van der Waals surface area contributed by atoms with Crippen LogP contribution in [0, 0.1) is 0 Å². The van der Waals surface area contributed by atoms with Gasteiger partial charge in [0, 0.05) is 12.3 Å². The fraction of sp³-hybridized carbons (Fsp3) is 0.417. The molecule has 1 unspecified atom stereocenters. The van der Waals surface area contributed by atoms with Crippen molar-refractivity contribution in [2.24, 2.45) is 10.7 Å². The smallest absolute Gasteiger partial charge is 0.193 e. The second-order valence-electron chi connectivity index (χ2n) is 3.85. The lowest BCUT2D eigenvalue weighted by atomic mass is 10.2. The van der Waals surface area contributed by atoms with E-state index in [2.05, 4.69) is 10.3 Å². The normalized spacial score (nSPS) is 21.0. The maximum Gasteiger partial charge on any atom is 0.193 e. The average Bonchev–Trinajstić information content (AvgIpc) is 2.81. The highest BCUT2D eigenvalue weighted by Crippen LogP contribution is 2.12. The molecule has 16 heavy (non-hydrogen) atoms. The van der Waals surface area contributed by atoms with E-state index in [1.54, 1.807) is 0 Å². The van der Waals surface area contributed by atoms with Crippen molar-refractivity contribution in [3.8, 4) is 0 Å². The Morgan fingerprint density at radius 1 is 1.44 bits per heavy atom. The molecular weight excluding hydrogens is 202 g/mol. The zero-order valence-electron chi connectivity index (χ0n) is 9.23. The SMILES string of the molecule is NC(=NCC1CCCO1)Nc1ccccc1. The predicted molar refractivity (Wildman–Crippen MR) is 65.5 cm³/mol. The Morgan fingerprint density at radius 3 is 2.94 bits per heavy atom. The number of nitrogens with two attached hydrogens (primary N) is 1. The standard InChI is InChI=1S/C12H17N3O/c13-12(14-9-11-7-4-8-16-11)15-10-5-2-1-3-6-10/h1-3,5-6,11H,4,7-9H2,(H3,13,14,15). The zero-order chi connectivity index (χ0) is 11.2. The minimum Gasteiger partial charge on any atom is -0.376 e. The van der Waals surface area contributed by atoms with Gasteiger partial charge < -0.3 is 15.8 Å². The van der Waals surface area contributed by atoms with Gasteiger partial charge in [-0.25, -0.2) is 0 Å². The van der Waals surface area contributed by atoms with E-state index < -0.39 is 0 Å². The van der Waals surface area contributed by atoms with Crippen LogP contribution in [-0.4, -0.2) is 25.2 Å². The largest absolute Gasteiger partial charge is 0.376 e. The summed E-state index contributed by atoms with van der Waals surface area (Å²) in [7, 11) is 0. The van der Waals surface area contributed by atoms with E-state index in [1.165, 1.54) is 0 Å². The Morgan fingerprint density at radius 2 is 2.25 bits per heavy atom. The Balaban J connectivity index is 1.82. The van der Waals surface area contributed by atoms with Gasteiger partial charge in [-0.2, -0.15) is 0 Å². The van der Waals surface area contributed by atoms with Gasteiger partial charge in [-0.3, -0.25) is 4.99 Å². The molecule has 4 heteroatoms. The number of para-hydroxylation sites is 1. The molecule has 1 atom stereocenters. The van der Waals surface area contributed by atoms with Crippen LogP contribution < -0.4 is 11.1 Å². The van der Waals surface area contributed by atoms with Gasteiger partial charge in [0.25, 0.3) is 0 Å². The minimum absolute atomic E-state index is 0.246. The summed E-state index contributed by atoms with van der Waals surface area (Å²) in [5, 5.41) is 3.04. The number of rotatable bonds is 3. The number of aliphatic imine (C=N–C) groups is 1. The van der Waals surface area contributed by atoms with E-state index in [0.717, 1.165) is 25.1 Å². The molecule has 0 bridgehead atoms. The summed E-state index contributed by atoms with van der Waals surface area (Å²) in [5.41, 5.74) is 6.72. The van der Waals surface area contributed by atoms with Gasteiger partial charge in [0.1, 0.15) is 0 Å². The van der Waals surface area contributed by atoms with Gasteiger partial charge in [0.2, 0.25) is 0 Å². The molecule has 1 saturated heterocycles. The maximum atomic E-state index is 5.77. The number of guanidine groups is 1. The highest BCUT2D eigenvalue weighted by Gasteiger charge is 2.14. The summed E-state index contributed by atoms with van der Waals surface area (Å²) in [5.74, 6) is 0.446. The van der Waals surface area contributed by atoms with Crippen molar-refractivity contribution in [3.63, 3.8) is 0 Å². The lowest BCUT2D eigenvalue weighted by Gasteiger charge is -2.08. The summed E-state index contributed by atoms with van der Waals surface area (Å²) in [6.07, 6.45) is 2.46. The third-order valence-electron chi connectivity index (χ3n) is 2.54. The molecule has 3 N–H and O–H groups in total. The first-order valence-corrected chi connectivity index (χ1v) is 5.58. The van der Waals surface area contributed by atoms with Gasteiger partial charge in [-0.15, -0.1) is 0 Å². The molecular formula is C12H17N3O. The maximum absolute atomic E-state index is 5.77. The summed E-state index contributed by atoms with van der Waals surface area (Å²) in [6, 6.07) is 9.78. The molecule has 1 heterocycles. The average molecular weight is 219 g/mol. The van der Waals surface area contributed by atoms with Crippen LogP contribution in [0.1, 0.15) is 12.8 Å². The molecule has 1 fully saturated rings. The topological polar surface area (TPSA) is 59.6 Å². The molecule has 0 aromatic heterocycles. The molecule has 2 rings (SSSR count). The Hall–Kier alpha value is -1.55. The van der Waals surface area contributed by atoms with E-state index in [4.69, 9.17) is 10.5 Å². The first kappa shape index (κ1) is 11.0. The van der Waals surface area contributed by atoms with Crippen molar-refractivity contribution in [3.05, 3.63) is 30.3 Å². The third kappa shape index (κ3) is 3.24. The summed E-state index contributed by atoms with van der Waals surface area (Å²) in [6.45, 7) is 1.50. The Bertz CT molecular complexity index is 345. The second-order valence-corrected chi connectivity index (χ2v) is 3.85. The number of nitrogens with one attached hydrogen (secondary N) is 1. The molecule has 0 spiro atoms. The fourth-order valence-corrected chi connectivity index (χ4v) is 1.70. The molecule has 1 aliphatic heterocycles. The van der Waals surface area contributed by atoms with E-state index >= 15 is 0 Å². The van der Waals surface area contributed by atoms with Crippen LogP contribution in [0.3, 0.4) is 0 Å². The highest BCUT2D eigenvalue weighted by atomic mass is 16.5. The van der Waals surface area contributed by atoms with Crippen LogP contribution in [0.25, 0.3) is 0 Å². The summed E-state index contributed by atoms with van der Waals surface area (Å²) < 4.78 is 5.46. The van der Waals surface area contributed by atoms with Crippen molar-refractivity contribution in [1.82, 2.24) is 0 Å². The first-order chi connectivity index (χ1) is 7.84. The second kappa shape index (κ2) is 5.51. The van der Waals surface area contributed by atoms with Crippen LogP contribution in [0.2, 0.25) is 0 Å². The molecule has 4 nitrogen and oxygen atoms in total. The number of hydrogen-bond donors (Lipinski definition) is 2. The molecule has 86 valence electrons. The van der Waals surface area contributed by atoms with Crippen LogP contribution in [0.15, 0.2) is 35.3 Å². The van der Waals surface area contributed by atoms with Crippen molar-refractivity contribution < 1.29 is 4.74 Å². The number of anilines is 1. The van der Waals surface area contributed by atoms with Gasteiger partial charge in [-0.1, -0.05) is 18.2 Å². The number of ether oxygens (including phenoxy) is 1. The van der Waals surface area contributed by atoms with Crippen LogP contribution in [-0.2, 0) is 4.74 Å². The van der Waals surface area contributed by atoms with Gasteiger partial charge in [0.15, 0.2) is 5.96 Å². The highest BCUT2D eigenvalue weighted by molar-refractivity contribution is 5.92. The van der Waals surface area contributed by atoms with Gasteiger partial charge in [0.05, 0.1) is 12.6 Å². The molecule has 0 saturated carbocycles. The number of benzene rings is 1. The molecule has 0 aliphatic carbocycles. The van der Waals surface area contributed by atoms with Crippen LogP contribution in [0.5, 0.6) is 0 Å². The molecule has 1 aromatic rings. The van der Waals surface area contributed by atoms with E-state index in [-0.39, 0.29) is 6.10 Å². The van der Waals surface area contributed by atoms with E-state index in [9.17, 15) is 0 Å². The molecule has 0 amide bonds. The molecule has 1 aliphatic rings. The number of hydrogen-bond acceptors (Lipinski definition) is 2. The Kier molecular flexibility index (Phi) is 3.77. The molecule has 1 aromatic carbocycles. The van der Waals surface area contributed by atoms with Crippen LogP contribution in [0.4, 0.5) is 5.69 Å². The lowest BCUT2D eigenvalue weighted by molar-refractivity contribution is 0.118. The van der Waals surface area contributed by atoms with Crippen molar-refractivity contribution in [1.29, 1.82) is 0 Å². The monoisotopic (exact) mass is 219 g/mol. The van der Waals surface area contributed by atoms with Crippen molar-refractivity contribution in [2.45, 2.75) is 18.9 Å². The summed E-state index contributed by atoms with van der Waals surface area (Å²) >= 11 is 0. The van der Waals surface area contributed by atoms with E-state index in [0.29, 0.717) is 12.5 Å². The quantitative estimate of drug-likeness (QED) is 0.599. The summed E-state index contributed by atoms with van der Waals surface area (Å²) in [4.78, 5) is 4.26. The Labute approximate surface area is 95.5 Å².